The molecule has 28 heavy (non-hydrogen) atoms. The molecule has 0 N–H and O–H groups in total. The number of benzene rings is 1. The van der Waals surface area contributed by atoms with Crippen molar-refractivity contribution in [1.82, 2.24) is 15.0 Å². The maximum atomic E-state index is 13.0. The van der Waals surface area contributed by atoms with Crippen LogP contribution in [0, 0.1) is 0 Å². The summed E-state index contributed by atoms with van der Waals surface area (Å²) in [7, 11) is 0. The quantitative estimate of drug-likeness (QED) is 0.570. The van der Waals surface area contributed by atoms with Gasteiger partial charge in [-0.1, -0.05) is 48.5 Å². The smallest absolute Gasteiger partial charge is 0.227 e. The van der Waals surface area contributed by atoms with E-state index in [4.69, 9.17) is 4.52 Å². The average Bonchev–Trinajstić information content (AvgIpc) is 3.48. The Kier molecular flexibility index (Phi) is 5.86. The topological polar surface area (TPSA) is 59.2 Å². The van der Waals surface area contributed by atoms with Crippen molar-refractivity contribution in [2.45, 2.75) is 51.0 Å². The van der Waals surface area contributed by atoms with Gasteiger partial charge in [-0.3, -0.25) is 4.79 Å². The molecule has 0 spiro atoms. The number of carbonyl (C=O) groups is 1. The molecule has 1 fully saturated rings. The molecule has 2 aromatic heterocycles. The standard InChI is InChI=1S/C22H25N3O2S/c1-2-17(16-8-4-3-5-9-16)18-10-6-14-25(18)21(26)13-12-20-23-22(24-27-20)19-11-7-15-28-19/h3-5,7-9,11,15,17-18H,2,6,10,12-14H2,1H3/t17-,18-/m1/s1. The first-order chi connectivity index (χ1) is 13.8. The third-order valence-corrected chi connectivity index (χ3v) is 6.38. The molecule has 1 aromatic carbocycles. The van der Waals surface area contributed by atoms with Crippen LogP contribution in [0.15, 0.2) is 52.4 Å². The SMILES string of the molecule is CC[C@H](c1ccccc1)[C@H]1CCCN1C(=O)CCc1nc(-c2cccs2)no1. The van der Waals surface area contributed by atoms with Gasteiger partial charge in [0, 0.05) is 31.3 Å². The average molecular weight is 396 g/mol. The van der Waals surface area contributed by atoms with E-state index < -0.39 is 0 Å². The minimum Gasteiger partial charge on any atom is -0.339 e. The van der Waals surface area contributed by atoms with E-state index in [1.807, 2.05) is 23.6 Å². The molecular weight excluding hydrogens is 370 g/mol. The molecule has 1 amide bonds. The van der Waals surface area contributed by atoms with Crippen molar-refractivity contribution in [2.75, 3.05) is 6.54 Å². The summed E-state index contributed by atoms with van der Waals surface area (Å²) in [5, 5.41) is 6.02. The molecule has 146 valence electrons. The van der Waals surface area contributed by atoms with E-state index in [9.17, 15) is 4.79 Å². The molecule has 1 aliphatic heterocycles. The summed E-state index contributed by atoms with van der Waals surface area (Å²) in [5.74, 6) is 1.71. The van der Waals surface area contributed by atoms with Gasteiger partial charge in [0.05, 0.1) is 4.88 Å². The number of rotatable bonds is 7. The van der Waals surface area contributed by atoms with Gasteiger partial charge in [-0.05, 0) is 36.3 Å². The van der Waals surface area contributed by atoms with Gasteiger partial charge in [0.1, 0.15) is 0 Å². The molecule has 3 aromatic rings. The lowest BCUT2D eigenvalue weighted by Crippen LogP contribution is -2.39. The van der Waals surface area contributed by atoms with Crippen molar-refractivity contribution in [1.29, 1.82) is 0 Å². The molecule has 2 atom stereocenters. The normalized spacial score (nSPS) is 17.8. The van der Waals surface area contributed by atoms with Crippen LogP contribution in [-0.2, 0) is 11.2 Å². The van der Waals surface area contributed by atoms with Gasteiger partial charge < -0.3 is 9.42 Å². The summed E-state index contributed by atoms with van der Waals surface area (Å²) in [5.41, 5.74) is 1.33. The van der Waals surface area contributed by atoms with Gasteiger partial charge in [0.2, 0.25) is 17.6 Å². The van der Waals surface area contributed by atoms with Gasteiger partial charge >= 0.3 is 0 Å². The molecule has 6 heteroatoms. The zero-order chi connectivity index (χ0) is 19.3. The van der Waals surface area contributed by atoms with Gasteiger partial charge in [-0.15, -0.1) is 11.3 Å². The molecule has 3 heterocycles. The number of hydrogen-bond donors (Lipinski definition) is 0. The molecule has 0 radical (unpaired) electrons. The number of aryl methyl sites for hydroxylation is 1. The van der Waals surface area contributed by atoms with Crippen molar-refractivity contribution in [3.05, 3.63) is 59.3 Å². The summed E-state index contributed by atoms with van der Waals surface area (Å²) in [4.78, 5) is 20.4. The largest absolute Gasteiger partial charge is 0.339 e. The molecule has 1 aliphatic rings. The van der Waals surface area contributed by atoms with E-state index in [1.165, 1.54) is 5.56 Å². The second-order valence-electron chi connectivity index (χ2n) is 7.21. The van der Waals surface area contributed by atoms with Crippen LogP contribution >= 0.6 is 11.3 Å². The first kappa shape index (κ1) is 18.9. The van der Waals surface area contributed by atoms with E-state index in [1.54, 1.807) is 11.3 Å². The van der Waals surface area contributed by atoms with E-state index >= 15 is 0 Å². The minimum atomic E-state index is 0.188. The number of nitrogens with zero attached hydrogens (tertiary/aromatic N) is 3. The Morgan fingerprint density at radius 2 is 2.14 bits per heavy atom. The lowest BCUT2D eigenvalue weighted by atomic mass is 9.87. The van der Waals surface area contributed by atoms with Gasteiger partial charge in [-0.2, -0.15) is 4.98 Å². The van der Waals surface area contributed by atoms with Crippen molar-refractivity contribution in [2.24, 2.45) is 0 Å². The van der Waals surface area contributed by atoms with E-state index in [-0.39, 0.29) is 11.9 Å². The van der Waals surface area contributed by atoms with Crippen molar-refractivity contribution in [3.8, 4) is 10.7 Å². The zero-order valence-corrected chi connectivity index (χ0v) is 16.9. The zero-order valence-electron chi connectivity index (χ0n) is 16.1. The summed E-state index contributed by atoms with van der Waals surface area (Å²) in [6.45, 7) is 3.06. The van der Waals surface area contributed by atoms with Crippen LogP contribution in [0.3, 0.4) is 0 Å². The fraction of sp³-hybridized carbons (Fsp3) is 0.409. The molecule has 4 rings (SSSR count). The van der Waals surface area contributed by atoms with Crippen molar-refractivity contribution in [3.63, 3.8) is 0 Å². The van der Waals surface area contributed by atoms with Crippen molar-refractivity contribution < 1.29 is 9.32 Å². The fourth-order valence-corrected chi connectivity index (χ4v) is 4.82. The van der Waals surface area contributed by atoms with Crippen LogP contribution < -0.4 is 0 Å². The summed E-state index contributed by atoms with van der Waals surface area (Å²) in [6.07, 6.45) is 4.08. The van der Waals surface area contributed by atoms with Crippen LogP contribution in [0.2, 0.25) is 0 Å². The fourth-order valence-electron chi connectivity index (χ4n) is 4.17. The molecule has 0 bridgehead atoms. The third kappa shape index (κ3) is 4.02. The summed E-state index contributed by atoms with van der Waals surface area (Å²) >= 11 is 1.58. The van der Waals surface area contributed by atoms with Crippen molar-refractivity contribution >= 4 is 17.2 Å². The minimum absolute atomic E-state index is 0.188. The Balaban J connectivity index is 1.40. The predicted octanol–water partition coefficient (Wildman–Crippen LogP) is 4.92. The highest BCUT2D eigenvalue weighted by Crippen LogP contribution is 2.34. The number of aromatic nitrogens is 2. The van der Waals surface area contributed by atoms with Gasteiger partial charge in [0.15, 0.2) is 0 Å². The predicted molar refractivity (Wildman–Crippen MR) is 110 cm³/mol. The number of amides is 1. The molecule has 1 saturated heterocycles. The van der Waals surface area contributed by atoms with Crippen LogP contribution in [0.25, 0.3) is 10.7 Å². The third-order valence-electron chi connectivity index (χ3n) is 5.51. The maximum absolute atomic E-state index is 13.0. The Bertz CT molecular complexity index is 892. The Morgan fingerprint density at radius 3 is 2.89 bits per heavy atom. The lowest BCUT2D eigenvalue weighted by molar-refractivity contribution is -0.132. The second-order valence-corrected chi connectivity index (χ2v) is 8.16. The number of hydrogen-bond acceptors (Lipinski definition) is 5. The number of carbonyl (C=O) groups excluding carboxylic acids is 1. The van der Waals surface area contributed by atoms with Crippen LogP contribution in [0.1, 0.15) is 50.0 Å². The lowest BCUT2D eigenvalue weighted by Gasteiger charge is -2.31. The highest BCUT2D eigenvalue weighted by atomic mass is 32.1. The maximum Gasteiger partial charge on any atom is 0.227 e. The summed E-state index contributed by atoms with van der Waals surface area (Å²) < 4.78 is 5.34. The Labute approximate surface area is 169 Å². The highest BCUT2D eigenvalue weighted by molar-refractivity contribution is 7.13. The van der Waals surface area contributed by atoms with Crippen LogP contribution in [0.5, 0.6) is 0 Å². The number of thiophene rings is 1. The molecule has 5 nitrogen and oxygen atoms in total. The molecule has 0 saturated carbocycles. The van der Waals surface area contributed by atoms with Crippen LogP contribution in [-0.4, -0.2) is 33.5 Å². The van der Waals surface area contributed by atoms with Gasteiger partial charge in [0.25, 0.3) is 0 Å². The number of likely N-dealkylation sites (tertiary alicyclic amines) is 1. The van der Waals surface area contributed by atoms with Gasteiger partial charge in [-0.25, -0.2) is 0 Å². The molecule has 0 aliphatic carbocycles. The van der Waals surface area contributed by atoms with Crippen LogP contribution in [0.4, 0.5) is 0 Å². The monoisotopic (exact) mass is 395 g/mol. The Morgan fingerprint density at radius 1 is 1.29 bits per heavy atom. The molecular formula is C22H25N3O2S. The Hall–Kier alpha value is -2.47. The summed E-state index contributed by atoms with van der Waals surface area (Å²) in [6, 6.07) is 14.8. The van der Waals surface area contributed by atoms with E-state index in [0.29, 0.717) is 30.5 Å². The van der Waals surface area contributed by atoms with E-state index in [0.717, 1.165) is 30.7 Å². The first-order valence-corrected chi connectivity index (χ1v) is 10.8. The molecule has 0 unspecified atom stereocenters. The first-order valence-electron chi connectivity index (χ1n) is 9.97. The van der Waals surface area contributed by atoms with E-state index in [2.05, 4.69) is 46.2 Å². The second kappa shape index (κ2) is 8.69. The highest BCUT2D eigenvalue weighted by Gasteiger charge is 2.34.